The lowest BCUT2D eigenvalue weighted by atomic mass is 10.1. The van der Waals surface area contributed by atoms with Crippen LogP contribution in [0, 0.1) is 13.8 Å². The summed E-state index contributed by atoms with van der Waals surface area (Å²) in [6.45, 7) is 4.03. The Bertz CT molecular complexity index is 894. The maximum absolute atomic E-state index is 12.7. The smallest absolute Gasteiger partial charge is 0.272 e. The van der Waals surface area contributed by atoms with E-state index in [4.69, 9.17) is 4.74 Å². The van der Waals surface area contributed by atoms with Crippen LogP contribution in [0.25, 0.3) is 10.9 Å². The summed E-state index contributed by atoms with van der Waals surface area (Å²) in [6, 6.07) is 13.7. The van der Waals surface area contributed by atoms with Gasteiger partial charge >= 0.3 is 0 Å². The first-order valence-electron chi connectivity index (χ1n) is 7.52. The van der Waals surface area contributed by atoms with Gasteiger partial charge in [-0.05, 0) is 43.7 Å². The number of nitrogens with one attached hydrogen (secondary N) is 1. The van der Waals surface area contributed by atoms with Crippen LogP contribution in [0.5, 0.6) is 5.75 Å². The van der Waals surface area contributed by atoms with E-state index in [9.17, 15) is 4.79 Å². The Morgan fingerprint density at radius 1 is 1.13 bits per heavy atom. The average molecular weight is 308 g/mol. The number of nitrogens with zero attached hydrogens (tertiary/aromatic N) is 1. The summed E-state index contributed by atoms with van der Waals surface area (Å²) in [7, 11) is 3.52. The van der Waals surface area contributed by atoms with Crippen molar-refractivity contribution < 1.29 is 9.53 Å². The van der Waals surface area contributed by atoms with Crippen molar-refractivity contribution in [3.63, 3.8) is 0 Å². The molecule has 118 valence electrons. The Kier molecular flexibility index (Phi) is 3.82. The third-order valence-electron chi connectivity index (χ3n) is 4.13. The van der Waals surface area contributed by atoms with Crippen LogP contribution >= 0.6 is 0 Å². The molecule has 4 nitrogen and oxygen atoms in total. The molecular weight excluding hydrogens is 288 g/mol. The maximum Gasteiger partial charge on any atom is 0.272 e. The van der Waals surface area contributed by atoms with Gasteiger partial charge in [0.1, 0.15) is 11.4 Å². The van der Waals surface area contributed by atoms with E-state index in [0.717, 1.165) is 27.9 Å². The van der Waals surface area contributed by atoms with Crippen molar-refractivity contribution in [3.05, 3.63) is 59.3 Å². The summed E-state index contributed by atoms with van der Waals surface area (Å²) in [4.78, 5) is 12.7. The van der Waals surface area contributed by atoms with Crippen LogP contribution in [0.15, 0.2) is 42.5 Å². The van der Waals surface area contributed by atoms with E-state index >= 15 is 0 Å². The zero-order chi connectivity index (χ0) is 16.6. The van der Waals surface area contributed by atoms with Crippen LogP contribution in [-0.4, -0.2) is 17.6 Å². The third-order valence-corrected chi connectivity index (χ3v) is 4.13. The first-order valence-corrected chi connectivity index (χ1v) is 7.52. The van der Waals surface area contributed by atoms with Crippen LogP contribution in [0.3, 0.4) is 0 Å². The summed E-state index contributed by atoms with van der Waals surface area (Å²) < 4.78 is 7.27. The fourth-order valence-electron chi connectivity index (χ4n) is 2.87. The monoisotopic (exact) mass is 308 g/mol. The largest absolute Gasteiger partial charge is 0.496 e. The highest BCUT2D eigenvalue weighted by molar-refractivity contribution is 6.07. The molecule has 0 aliphatic rings. The second-order valence-electron chi connectivity index (χ2n) is 5.75. The minimum atomic E-state index is -0.127. The van der Waals surface area contributed by atoms with Gasteiger partial charge in [-0.2, -0.15) is 0 Å². The Labute approximate surface area is 135 Å². The van der Waals surface area contributed by atoms with Crippen molar-refractivity contribution in [1.29, 1.82) is 0 Å². The summed E-state index contributed by atoms with van der Waals surface area (Å²) in [5.41, 5.74) is 4.63. The molecule has 23 heavy (non-hydrogen) atoms. The molecule has 2 aromatic carbocycles. The lowest BCUT2D eigenvalue weighted by Crippen LogP contribution is -2.16. The topological polar surface area (TPSA) is 43.3 Å². The molecule has 0 saturated heterocycles. The Morgan fingerprint density at radius 2 is 1.91 bits per heavy atom. The molecule has 0 saturated carbocycles. The predicted octanol–water partition coefficient (Wildman–Crippen LogP) is 4.06. The number of ether oxygens (including phenoxy) is 1. The fourth-order valence-corrected chi connectivity index (χ4v) is 2.87. The molecule has 0 unspecified atom stereocenters. The van der Waals surface area contributed by atoms with Gasteiger partial charge in [0.15, 0.2) is 0 Å². The second-order valence-corrected chi connectivity index (χ2v) is 5.75. The first kappa shape index (κ1) is 15.2. The third kappa shape index (κ3) is 2.68. The van der Waals surface area contributed by atoms with E-state index in [0.29, 0.717) is 5.69 Å². The van der Waals surface area contributed by atoms with E-state index in [-0.39, 0.29) is 5.91 Å². The quantitative estimate of drug-likeness (QED) is 0.793. The van der Waals surface area contributed by atoms with Crippen LogP contribution in [-0.2, 0) is 7.05 Å². The van der Waals surface area contributed by atoms with Gasteiger partial charge in [0.2, 0.25) is 0 Å². The highest BCUT2D eigenvalue weighted by Crippen LogP contribution is 2.28. The number of rotatable bonds is 3. The van der Waals surface area contributed by atoms with E-state index in [1.54, 1.807) is 7.11 Å². The maximum atomic E-state index is 12.7. The minimum Gasteiger partial charge on any atom is -0.496 e. The van der Waals surface area contributed by atoms with Gasteiger partial charge in [0.05, 0.1) is 12.6 Å². The van der Waals surface area contributed by atoms with Gasteiger partial charge < -0.3 is 14.6 Å². The van der Waals surface area contributed by atoms with Gasteiger partial charge in [-0.3, -0.25) is 4.79 Å². The van der Waals surface area contributed by atoms with Crippen molar-refractivity contribution in [2.24, 2.45) is 7.05 Å². The van der Waals surface area contributed by atoms with Gasteiger partial charge in [-0.1, -0.05) is 23.8 Å². The molecule has 3 aromatic rings. The molecule has 0 aliphatic heterocycles. The van der Waals surface area contributed by atoms with E-state index < -0.39 is 0 Å². The Hall–Kier alpha value is -2.75. The molecule has 0 spiro atoms. The van der Waals surface area contributed by atoms with Crippen molar-refractivity contribution in [2.45, 2.75) is 13.8 Å². The van der Waals surface area contributed by atoms with Gasteiger partial charge in [0, 0.05) is 18.1 Å². The van der Waals surface area contributed by atoms with Gasteiger partial charge in [-0.15, -0.1) is 0 Å². The molecule has 0 fully saturated rings. The number of methoxy groups -OCH3 is 1. The number of carbonyl (C=O) groups excluding carboxylic acids is 1. The van der Waals surface area contributed by atoms with Gasteiger partial charge in [-0.25, -0.2) is 0 Å². The van der Waals surface area contributed by atoms with Crippen LogP contribution in [0.1, 0.15) is 21.6 Å². The highest BCUT2D eigenvalue weighted by Gasteiger charge is 2.16. The number of hydrogen-bond donors (Lipinski definition) is 1. The molecule has 1 heterocycles. The van der Waals surface area contributed by atoms with Crippen molar-refractivity contribution in [1.82, 2.24) is 4.57 Å². The van der Waals surface area contributed by atoms with Crippen molar-refractivity contribution >= 4 is 22.5 Å². The molecular formula is C19H20N2O2. The number of hydrogen-bond acceptors (Lipinski definition) is 2. The zero-order valence-corrected chi connectivity index (χ0v) is 13.8. The average Bonchev–Trinajstić information content (AvgIpc) is 2.87. The number of benzene rings is 2. The summed E-state index contributed by atoms with van der Waals surface area (Å²) in [5, 5.41) is 3.93. The standard InChI is InChI=1S/C19H20N2O2/c1-12-8-9-15(13(2)10-12)20-19(22)17-11-14-16(21(17)3)6-5-7-18(14)23-4/h5-11H,1-4H3,(H,20,22). The van der Waals surface area contributed by atoms with Crippen LogP contribution in [0.2, 0.25) is 0 Å². The number of aromatic nitrogens is 1. The molecule has 1 aromatic heterocycles. The zero-order valence-electron chi connectivity index (χ0n) is 13.8. The molecule has 0 atom stereocenters. The number of fused-ring (bicyclic) bond motifs is 1. The number of aryl methyl sites for hydroxylation is 3. The fraction of sp³-hybridized carbons (Fsp3) is 0.211. The number of carbonyl (C=O) groups is 1. The van der Waals surface area contributed by atoms with E-state index in [1.807, 2.05) is 61.9 Å². The lowest BCUT2D eigenvalue weighted by molar-refractivity contribution is 0.101. The molecule has 3 rings (SSSR count). The SMILES string of the molecule is COc1cccc2c1cc(C(=O)Nc1ccc(C)cc1C)n2C. The molecule has 0 radical (unpaired) electrons. The first-order chi connectivity index (χ1) is 11.0. The number of anilines is 1. The second kappa shape index (κ2) is 5.80. The highest BCUT2D eigenvalue weighted by atomic mass is 16.5. The Balaban J connectivity index is 1.99. The lowest BCUT2D eigenvalue weighted by Gasteiger charge is -2.10. The van der Waals surface area contributed by atoms with E-state index in [1.165, 1.54) is 5.56 Å². The number of amides is 1. The molecule has 0 bridgehead atoms. The van der Waals surface area contributed by atoms with Crippen molar-refractivity contribution in [3.8, 4) is 5.75 Å². The van der Waals surface area contributed by atoms with Crippen LogP contribution in [0.4, 0.5) is 5.69 Å². The molecule has 0 aliphatic carbocycles. The Morgan fingerprint density at radius 3 is 2.61 bits per heavy atom. The minimum absolute atomic E-state index is 0.127. The summed E-state index contributed by atoms with van der Waals surface area (Å²) in [6.07, 6.45) is 0. The van der Waals surface area contributed by atoms with E-state index in [2.05, 4.69) is 11.4 Å². The summed E-state index contributed by atoms with van der Waals surface area (Å²) in [5.74, 6) is 0.640. The molecule has 1 N–H and O–H groups in total. The molecule has 4 heteroatoms. The van der Waals surface area contributed by atoms with Crippen LogP contribution < -0.4 is 10.1 Å². The van der Waals surface area contributed by atoms with Crippen molar-refractivity contribution in [2.75, 3.05) is 12.4 Å². The van der Waals surface area contributed by atoms with Gasteiger partial charge in [0.25, 0.3) is 5.91 Å². The normalized spacial score (nSPS) is 10.8. The summed E-state index contributed by atoms with van der Waals surface area (Å²) >= 11 is 0. The molecule has 1 amide bonds. The predicted molar refractivity (Wildman–Crippen MR) is 93.3 cm³/mol.